The number of fused-ring (bicyclic) bond motifs is 1. The van der Waals surface area contributed by atoms with Crippen molar-refractivity contribution in [3.63, 3.8) is 0 Å². The van der Waals surface area contributed by atoms with Gasteiger partial charge in [-0.25, -0.2) is 13.5 Å². The van der Waals surface area contributed by atoms with Gasteiger partial charge in [0.2, 0.25) is 5.91 Å². The lowest BCUT2D eigenvalue weighted by Crippen LogP contribution is -2.18. The first-order valence-corrected chi connectivity index (χ1v) is 9.63. The van der Waals surface area contributed by atoms with Crippen molar-refractivity contribution in [3.05, 3.63) is 76.1 Å². The minimum absolute atomic E-state index is 0.0349. The molecule has 1 aliphatic carbocycles. The minimum Gasteiger partial charge on any atom is -0.366 e. The Hall–Kier alpha value is -3.55. The quantitative estimate of drug-likeness (QED) is 0.687. The molecule has 1 aromatic heterocycles. The number of halogens is 2. The van der Waals surface area contributed by atoms with Gasteiger partial charge in [-0.05, 0) is 69.0 Å². The number of hydrogen-bond acceptors (Lipinski definition) is 3. The fourth-order valence-corrected chi connectivity index (χ4v) is 3.71. The number of nitrogens with one attached hydrogen (secondary N) is 1. The first-order chi connectivity index (χ1) is 14.3. The lowest BCUT2D eigenvalue weighted by molar-refractivity contribution is 0.0994. The van der Waals surface area contributed by atoms with Crippen molar-refractivity contribution in [1.82, 2.24) is 9.78 Å². The molecule has 0 aliphatic heterocycles. The van der Waals surface area contributed by atoms with Crippen LogP contribution in [0.2, 0.25) is 0 Å². The zero-order chi connectivity index (χ0) is 21.4. The first kappa shape index (κ1) is 19.8. The molecule has 0 atom stereocenters. The molecule has 1 aliphatic rings. The van der Waals surface area contributed by atoms with E-state index < -0.39 is 17.6 Å². The number of nitrogens with zero attached hydrogens (tertiary/aromatic N) is 2. The Kier molecular flexibility index (Phi) is 5.07. The number of benzene rings is 2. The molecule has 8 heteroatoms. The summed E-state index contributed by atoms with van der Waals surface area (Å²) < 4.78 is 29.2. The Bertz CT molecular complexity index is 1150. The minimum atomic E-state index is -0.789. The molecule has 0 saturated carbocycles. The standard InChI is InChI=1S/C22H20F2N4O2/c1-12-17(24)10-13(21(25)29)11-18(12)26-22(30)20-16-4-2-3-5-19(16)28(27-20)15-8-6-14(23)7-9-15/h6-11H,2-5H2,1H3,(H2,25,29)(H,26,30). The Morgan fingerprint density at radius 3 is 2.50 bits per heavy atom. The van der Waals surface area contributed by atoms with Crippen LogP contribution in [-0.2, 0) is 12.8 Å². The summed E-state index contributed by atoms with van der Waals surface area (Å²) in [4.78, 5) is 24.5. The fourth-order valence-electron chi connectivity index (χ4n) is 3.71. The maximum atomic E-state index is 14.2. The molecule has 0 fully saturated rings. The number of nitrogens with two attached hydrogens (primary N) is 1. The molecule has 154 valence electrons. The van der Waals surface area contributed by atoms with Crippen LogP contribution in [0.3, 0.4) is 0 Å². The van der Waals surface area contributed by atoms with Gasteiger partial charge in [-0.3, -0.25) is 9.59 Å². The Balaban J connectivity index is 1.73. The van der Waals surface area contributed by atoms with Crippen molar-refractivity contribution in [2.24, 2.45) is 5.73 Å². The molecule has 0 radical (unpaired) electrons. The van der Waals surface area contributed by atoms with Gasteiger partial charge in [-0.2, -0.15) is 5.10 Å². The molecule has 0 bridgehead atoms. The van der Waals surface area contributed by atoms with Crippen LogP contribution < -0.4 is 11.1 Å². The van der Waals surface area contributed by atoms with Gasteiger partial charge < -0.3 is 11.1 Å². The van der Waals surface area contributed by atoms with Crippen LogP contribution in [0.15, 0.2) is 36.4 Å². The molecule has 2 aromatic carbocycles. The number of carbonyl (C=O) groups excluding carboxylic acids is 2. The molecule has 2 amide bonds. The van der Waals surface area contributed by atoms with Crippen LogP contribution >= 0.6 is 0 Å². The van der Waals surface area contributed by atoms with E-state index in [1.807, 2.05) is 0 Å². The summed E-state index contributed by atoms with van der Waals surface area (Å²) in [5, 5.41) is 7.16. The second-order valence-electron chi connectivity index (χ2n) is 7.32. The van der Waals surface area contributed by atoms with Crippen LogP contribution in [0, 0.1) is 18.6 Å². The van der Waals surface area contributed by atoms with Crippen molar-refractivity contribution in [1.29, 1.82) is 0 Å². The molecule has 0 spiro atoms. The second kappa shape index (κ2) is 7.70. The number of hydrogen-bond donors (Lipinski definition) is 2. The highest BCUT2D eigenvalue weighted by molar-refractivity contribution is 6.05. The number of rotatable bonds is 4. The summed E-state index contributed by atoms with van der Waals surface area (Å²) in [6, 6.07) is 8.28. The Morgan fingerprint density at radius 2 is 1.80 bits per heavy atom. The molecule has 6 nitrogen and oxygen atoms in total. The van der Waals surface area contributed by atoms with Gasteiger partial charge in [0.25, 0.3) is 5.91 Å². The van der Waals surface area contributed by atoms with Gasteiger partial charge in [0.1, 0.15) is 11.6 Å². The predicted molar refractivity (Wildman–Crippen MR) is 108 cm³/mol. The zero-order valence-electron chi connectivity index (χ0n) is 16.3. The van der Waals surface area contributed by atoms with E-state index in [-0.39, 0.29) is 28.3 Å². The molecule has 30 heavy (non-hydrogen) atoms. The van der Waals surface area contributed by atoms with Crippen LogP contribution in [-0.4, -0.2) is 21.6 Å². The molecular formula is C22H20F2N4O2. The topological polar surface area (TPSA) is 90.0 Å². The van der Waals surface area contributed by atoms with Gasteiger partial charge in [-0.15, -0.1) is 0 Å². The summed E-state index contributed by atoms with van der Waals surface area (Å²) in [7, 11) is 0. The number of aromatic nitrogens is 2. The maximum absolute atomic E-state index is 14.2. The first-order valence-electron chi connectivity index (χ1n) is 9.63. The van der Waals surface area contributed by atoms with Crippen molar-refractivity contribution in [2.75, 3.05) is 5.32 Å². The summed E-state index contributed by atoms with van der Waals surface area (Å²) in [5.41, 5.74) is 8.20. The molecule has 4 rings (SSSR count). The van der Waals surface area contributed by atoms with E-state index >= 15 is 0 Å². The molecule has 0 saturated heterocycles. The van der Waals surface area contributed by atoms with Crippen LogP contribution in [0.25, 0.3) is 5.69 Å². The number of amides is 2. The molecule has 1 heterocycles. The molecule has 3 N–H and O–H groups in total. The monoisotopic (exact) mass is 410 g/mol. The lowest BCUT2D eigenvalue weighted by atomic mass is 9.95. The number of carbonyl (C=O) groups is 2. The van der Waals surface area contributed by atoms with Crippen molar-refractivity contribution >= 4 is 17.5 Å². The van der Waals surface area contributed by atoms with Gasteiger partial charge in [0.15, 0.2) is 5.69 Å². The largest absolute Gasteiger partial charge is 0.366 e. The van der Waals surface area contributed by atoms with Crippen LogP contribution in [0.5, 0.6) is 0 Å². The number of anilines is 1. The SMILES string of the molecule is Cc1c(F)cc(C(N)=O)cc1NC(=O)c1nn(-c2ccc(F)cc2)c2c1CCCC2. The summed E-state index contributed by atoms with van der Waals surface area (Å²) in [6.07, 6.45) is 3.32. The number of primary amides is 1. The van der Waals surface area contributed by atoms with E-state index in [0.29, 0.717) is 12.1 Å². The summed E-state index contributed by atoms with van der Waals surface area (Å²) in [5.74, 6) is -2.29. The third-order valence-corrected chi connectivity index (χ3v) is 5.34. The van der Waals surface area contributed by atoms with E-state index in [4.69, 9.17) is 5.73 Å². The highest BCUT2D eigenvalue weighted by Crippen LogP contribution is 2.28. The zero-order valence-corrected chi connectivity index (χ0v) is 16.3. The molecular weight excluding hydrogens is 390 g/mol. The molecule has 3 aromatic rings. The maximum Gasteiger partial charge on any atom is 0.276 e. The summed E-state index contributed by atoms with van der Waals surface area (Å²) in [6.45, 7) is 1.50. The van der Waals surface area contributed by atoms with Crippen molar-refractivity contribution in [3.8, 4) is 5.69 Å². The smallest absolute Gasteiger partial charge is 0.276 e. The second-order valence-corrected chi connectivity index (χ2v) is 7.32. The van der Waals surface area contributed by atoms with E-state index in [9.17, 15) is 18.4 Å². The van der Waals surface area contributed by atoms with Gasteiger partial charge in [0.05, 0.1) is 5.69 Å². The van der Waals surface area contributed by atoms with E-state index in [0.717, 1.165) is 36.6 Å². The Labute approximate surface area is 171 Å². The third kappa shape index (κ3) is 3.56. The van der Waals surface area contributed by atoms with E-state index in [1.165, 1.54) is 25.1 Å². The summed E-state index contributed by atoms with van der Waals surface area (Å²) >= 11 is 0. The van der Waals surface area contributed by atoms with E-state index in [1.54, 1.807) is 16.8 Å². The fraction of sp³-hybridized carbons (Fsp3) is 0.227. The molecule has 0 unspecified atom stereocenters. The average Bonchev–Trinajstić information content (AvgIpc) is 3.11. The normalized spacial score (nSPS) is 13.0. The Morgan fingerprint density at radius 1 is 1.10 bits per heavy atom. The predicted octanol–water partition coefficient (Wildman–Crippen LogP) is 3.69. The van der Waals surface area contributed by atoms with E-state index in [2.05, 4.69) is 10.4 Å². The lowest BCUT2D eigenvalue weighted by Gasteiger charge is -2.14. The van der Waals surface area contributed by atoms with Gasteiger partial charge in [0, 0.05) is 28.1 Å². The van der Waals surface area contributed by atoms with Gasteiger partial charge in [-0.1, -0.05) is 0 Å². The van der Waals surface area contributed by atoms with Crippen LogP contribution in [0.4, 0.5) is 14.5 Å². The van der Waals surface area contributed by atoms with Crippen molar-refractivity contribution in [2.45, 2.75) is 32.6 Å². The van der Waals surface area contributed by atoms with Crippen molar-refractivity contribution < 1.29 is 18.4 Å². The van der Waals surface area contributed by atoms with Crippen LogP contribution in [0.1, 0.15) is 50.5 Å². The third-order valence-electron chi connectivity index (χ3n) is 5.34. The van der Waals surface area contributed by atoms with Gasteiger partial charge >= 0.3 is 0 Å². The highest BCUT2D eigenvalue weighted by Gasteiger charge is 2.26. The average molecular weight is 410 g/mol. The highest BCUT2D eigenvalue weighted by atomic mass is 19.1.